The Morgan fingerprint density at radius 2 is 2.09 bits per heavy atom. The van der Waals surface area contributed by atoms with Gasteiger partial charge >= 0.3 is 5.97 Å². The van der Waals surface area contributed by atoms with E-state index in [2.05, 4.69) is 5.10 Å². The second kappa shape index (κ2) is 7.05. The molecule has 116 valence electrons. The van der Waals surface area contributed by atoms with Gasteiger partial charge in [-0.25, -0.2) is 4.79 Å². The summed E-state index contributed by atoms with van der Waals surface area (Å²) in [6.45, 7) is 3.45. The molecular weight excluding hydrogens is 282 g/mol. The highest BCUT2D eigenvalue weighted by Gasteiger charge is 2.38. The summed E-state index contributed by atoms with van der Waals surface area (Å²) in [6.07, 6.45) is 3.32. The van der Waals surface area contributed by atoms with Gasteiger partial charge < -0.3 is 9.84 Å². The molecule has 6 heteroatoms. The molecule has 1 unspecified atom stereocenters. The Bertz CT molecular complexity index is 586. The molecule has 1 aromatic rings. The molecule has 0 amide bonds. The summed E-state index contributed by atoms with van der Waals surface area (Å²) in [4.78, 5) is 12.2. The maximum atomic E-state index is 12.2. The second-order valence-corrected chi connectivity index (χ2v) is 5.08. The fraction of sp³-hybridized carbons (Fsp3) is 0.438. The number of nitriles is 1. The van der Waals surface area contributed by atoms with Gasteiger partial charge in [0.1, 0.15) is 0 Å². The van der Waals surface area contributed by atoms with Crippen molar-refractivity contribution >= 4 is 12.2 Å². The van der Waals surface area contributed by atoms with E-state index in [1.165, 1.54) is 18.3 Å². The summed E-state index contributed by atoms with van der Waals surface area (Å²) in [5.74, 6) is -0.775. The zero-order valence-corrected chi connectivity index (χ0v) is 12.5. The number of carbonyl (C=O) groups is 1. The summed E-state index contributed by atoms with van der Waals surface area (Å²) in [6, 6.07) is 8.15. The fourth-order valence-electron chi connectivity index (χ4n) is 2.27. The van der Waals surface area contributed by atoms with Gasteiger partial charge in [0.05, 0.1) is 24.5 Å². The lowest BCUT2D eigenvalue weighted by molar-refractivity contribution is -0.158. The highest BCUT2D eigenvalue weighted by molar-refractivity contribution is 5.99. The number of nitrogens with zero attached hydrogens (tertiary/aromatic N) is 3. The highest BCUT2D eigenvalue weighted by atomic mass is 16.5. The first kappa shape index (κ1) is 16.0. The van der Waals surface area contributed by atoms with Crippen LogP contribution in [-0.4, -0.2) is 42.0 Å². The normalized spacial score (nSPS) is 17.2. The molecule has 1 N–H and O–H groups in total. The summed E-state index contributed by atoms with van der Waals surface area (Å²) in [7, 11) is 0. The van der Waals surface area contributed by atoms with Crippen molar-refractivity contribution in [3.05, 3.63) is 35.4 Å². The van der Waals surface area contributed by atoms with E-state index in [4.69, 9.17) is 10.00 Å². The van der Waals surface area contributed by atoms with Crippen molar-refractivity contribution in [2.24, 2.45) is 5.10 Å². The van der Waals surface area contributed by atoms with E-state index >= 15 is 0 Å². The number of hydrazone groups is 1. The Kier molecular flexibility index (Phi) is 5.12. The van der Waals surface area contributed by atoms with E-state index in [9.17, 15) is 9.90 Å². The lowest BCUT2D eigenvalue weighted by atomic mass is 9.94. The van der Waals surface area contributed by atoms with Crippen LogP contribution in [0.5, 0.6) is 0 Å². The van der Waals surface area contributed by atoms with Crippen LogP contribution in [0.1, 0.15) is 30.9 Å². The van der Waals surface area contributed by atoms with Gasteiger partial charge in [-0.1, -0.05) is 12.1 Å². The number of aliphatic hydroxyl groups is 1. The Balaban J connectivity index is 2.31. The maximum absolute atomic E-state index is 12.2. The van der Waals surface area contributed by atoms with Gasteiger partial charge in [0.15, 0.2) is 0 Å². The standard InChI is InChI=1S/C16H19N3O3/c1-2-22-15(20)16(21,12-18-19-9-3-4-10-19)14-7-5-13(11-17)6-8-14/h5-8,12,21H,2-4,9-10H2,1H3/b18-12+. The Hall–Kier alpha value is -2.39. The summed E-state index contributed by atoms with van der Waals surface area (Å²) < 4.78 is 4.97. The molecule has 0 aliphatic carbocycles. The monoisotopic (exact) mass is 301 g/mol. The molecule has 0 spiro atoms. The van der Waals surface area contributed by atoms with E-state index < -0.39 is 11.6 Å². The molecule has 1 heterocycles. The van der Waals surface area contributed by atoms with E-state index in [1.54, 1.807) is 19.1 Å². The van der Waals surface area contributed by atoms with Crippen molar-refractivity contribution < 1.29 is 14.6 Å². The molecular formula is C16H19N3O3. The minimum Gasteiger partial charge on any atom is -0.463 e. The smallest absolute Gasteiger partial charge is 0.348 e. The lowest BCUT2D eigenvalue weighted by Crippen LogP contribution is -2.39. The van der Waals surface area contributed by atoms with Crippen molar-refractivity contribution in [1.82, 2.24) is 5.01 Å². The molecule has 0 bridgehead atoms. The third kappa shape index (κ3) is 3.43. The van der Waals surface area contributed by atoms with Gasteiger partial charge in [-0.2, -0.15) is 10.4 Å². The third-order valence-electron chi connectivity index (χ3n) is 3.53. The molecule has 0 aromatic heterocycles. The van der Waals surface area contributed by atoms with Crippen LogP contribution in [0.2, 0.25) is 0 Å². The van der Waals surface area contributed by atoms with E-state index in [1.807, 2.05) is 11.1 Å². The first-order chi connectivity index (χ1) is 10.6. The van der Waals surface area contributed by atoms with Crippen molar-refractivity contribution in [1.29, 1.82) is 5.26 Å². The Morgan fingerprint density at radius 3 is 2.64 bits per heavy atom. The zero-order valence-electron chi connectivity index (χ0n) is 12.5. The molecule has 1 saturated heterocycles. The Labute approximate surface area is 129 Å². The zero-order chi connectivity index (χ0) is 16.0. The SMILES string of the molecule is CCOC(=O)C(O)(/C=N/N1CCCC1)c1ccc(C#N)cc1. The molecule has 1 aromatic carbocycles. The lowest BCUT2D eigenvalue weighted by Gasteiger charge is -2.23. The van der Waals surface area contributed by atoms with E-state index in [0.29, 0.717) is 11.1 Å². The van der Waals surface area contributed by atoms with Gasteiger partial charge in [0.25, 0.3) is 0 Å². The number of carbonyl (C=O) groups excluding carboxylic acids is 1. The molecule has 1 fully saturated rings. The van der Waals surface area contributed by atoms with Crippen LogP contribution in [0.4, 0.5) is 0 Å². The molecule has 2 rings (SSSR count). The van der Waals surface area contributed by atoms with Gasteiger partial charge in [-0.15, -0.1) is 0 Å². The second-order valence-electron chi connectivity index (χ2n) is 5.08. The molecule has 1 aliphatic rings. The van der Waals surface area contributed by atoms with Crippen LogP contribution in [-0.2, 0) is 15.1 Å². The summed E-state index contributed by atoms with van der Waals surface area (Å²) in [5, 5.41) is 25.6. The Morgan fingerprint density at radius 1 is 1.45 bits per heavy atom. The van der Waals surface area contributed by atoms with Crippen LogP contribution in [0, 0.1) is 11.3 Å². The van der Waals surface area contributed by atoms with Gasteiger partial charge in [-0.05, 0) is 31.9 Å². The van der Waals surface area contributed by atoms with Gasteiger partial charge in [0, 0.05) is 18.7 Å². The average Bonchev–Trinajstić information content (AvgIpc) is 3.06. The predicted octanol–water partition coefficient (Wildman–Crippen LogP) is 1.39. The quantitative estimate of drug-likeness (QED) is 0.656. The van der Waals surface area contributed by atoms with Gasteiger partial charge in [0.2, 0.25) is 5.60 Å². The summed E-state index contributed by atoms with van der Waals surface area (Å²) >= 11 is 0. The fourth-order valence-corrected chi connectivity index (χ4v) is 2.27. The number of hydrogen-bond acceptors (Lipinski definition) is 6. The predicted molar refractivity (Wildman–Crippen MR) is 81.0 cm³/mol. The number of ether oxygens (including phenoxy) is 1. The molecule has 1 aliphatic heterocycles. The van der Waals surface area contributed by atoms with Crippen LogP contribution >= 0.6 is 0 Å². The molecule has 6 nitrogen and oxygen atoms in total. The van der Waals surface area contributed by atoms with Crippen LogP contribution in [0.25, 0.3) is 0 Å². The molecule has 0 radical (unpaired) electrons. The minimum atomic E-state index is -1.95. The number of rotatable bonds is 5. The third-order valence-corrected chi connectivity index (χ3v) is 3.53. The molecule has 1 atom stereocenters. The minimum absolute atomic E-state index is 0.162. The topological polar surface area (TPSA) is 85.9 Å². The van der Waals surface area contributed by atoms with Crippen molar-refractivity contribution in [2.45, 2.75) is 25.4 Å². The first-order valence-electron chi connectivity index (χ1n) is 7.30. The number of benzene rings is 1. The van der Waals surface area contributed by atoms with Crippen LogP contribution < -0.4 is 0 Å². The van der Waals surface area contributed by atoms with Crippen LogP contribution in [0.15, 0.2) is 29.4 Å². The van der Waals surface area contributed by atoms with Crippen molar-refractivity contribution in [2.75, 3.05) is 19.7 Å². The largest absolute Gasteiger partial charge is 0.463 e. The number of hydrogen-bond donors (Lipinski definition) is 1. The highest BCUT2D eigenvalue weighted by Crippen LogP contribution is 2.22. The van der Waals surface area contributed by atoms with Crippen LogP contribution in [0.3, 0.4) is 0 Å². The average molecular weight is 301 g/mol. The molecule has 22 heavy (non-hydrogen) atoms. The first-order valence-corrected chi connectivity index (χ1v) is 7.30. The van der Waals surface area contributed by atoms with Gasteiger partial charge in [-0.3, -0.25) is 5.01 Å². The van der Waals surface area contributed by atoms with Crippen molar-refractivity contribution in [3.63, 3.8) is 0 Å². The van der Waals surface area contributed by atoms with Crippen molar-refractivity contribution in [3.8, 4) is 6.07 Å². The molecule has 0 saturated carbocycles. The van der Waals surface area contributed by atoms with E-state index in [0.717, 1.165) is 25.9 Å². The maximum Gasteiger partial charge on any atom is 0.348 e. The van der Waals surface area contributed by atoms with E-state index in [-0.39, 0.29) is 6.61 Å². The number of esters is 1. The summed E-state index contributed by atoms with van der Waals surface area (Å²) in [5.41, 5.74) is -1.17.